The number of benzene rings is 2. The van der Waals surface area contributed by atoms with Crippen molar-refractivity contribution >= 4 is 74.2 Å². The Labute approximate surface area is 179 Å². The van der Waals surface area contributed by atoms with Gasteiger partial charge in [-0.25, -0.2) is 0 Å². The van der Waals surface area contributed by atoms with Gasteiger partial charge in [-0.2, -0.15) is 0 Å². The molecule has 0 unspecified atom stereocenters. The monoisotopic (exact) mass is 406 g/mol. The molecule has 0 aliphatic rings. The quantitative estimate of drug-likeness (QED) is 0.569. The third kappa shape index (κ3) is 7.10. The zero-order valence-electron chi connectivity index (χ0n) is 12.8. The van der Waals surface area contributed by atoms with Gasteiger partial charge in [-0.3, -0.25) is 0 Å². The van der Waals surface area contributed by atoms with E-state index in [9.17, 15) is 0 Å². The Morgan fingerprint density at radius 3 is 1.43 bits per heavy atom. The van der Waals surface area contributed by atoms with Crippen LogP contribution in [0.1, 0.15) is 13.8 Å². The molecule has 0 bridgehead atoms. The predicted octanol–water partition coefficient (Wildman–Crippen LogP) is 3.38. The number of ether oxygens (including phenoxy) is 2. The van der Waals surface area contributed by atoms with Crippen molar-refractivity contribution in [2.75, 3.05) is 23.8 Å². The Balaban J connectivity index is 0.00000264. The summed E-state index contributed by atoms with van der Waals surface area (Å²) < 4.78 is 10.8. The van der Waals surface area contributed by atoms with Gasteiger partial charge < -0.3 is 20.1 Å². The molecule has 0 radical (unpaired) electrons. The van der Waals surface area contributed by atoms with E-state index in [1.54, 1.807) is 0 Å². The van der Waals surface area contributed by atoms with E-state index in [-0.39, 0.29) is 45.5 Å². The van der Waals surface area contributed by atoms with E-state index < -0.39 is 0 Å². The molecule has 0 amide bonds. The van der Waals surface area contributed by atoms with E-state index in [2.05, 4.69) is 10.6 Å². The maximum absolute atomic E-state index is 5.40. The Morgan fingerprint density at radius 2 is 1.13 bits per heavy atom. The van der Waals surface area contributed by atoms with Gasteiger partial charge >= 0.3 is 45.5 Å². The van der Waals surface area contributed by atoms with Gasteiger partial charge in [0, 0.05) is 11.4 Å². The average molecular weight is 406 g/mol. The number of nitrogens with one attached hydrogen (secondary N) is 2. The standard InChI is InChI=1S/C17H20N2O2S.Sr.2H/c1-3-20-15-9-5-13(6-10-15)18-17(22)19-14-7-11-16(12-8-14)21-4-2;;;/h5-12H,3-4H2,1-2H3,(H2,18,19,22);;;. The number of hydrogen-bond donors (Lipinski definition) is 2. The Hall–Kier alpha value is -0.789. The van der Waals surface area contributed by atoms with Gasteiger partial charge in [0.2, 0.25) is 0 Å². The molecule has 6 heteroatoms. The fraction of sp³-hybridized carbons (Fsp3) is 0.235. The second-order valence-electron chi connectivity index (χ2n) is 4.49. The molecule has 0 saturated carbocycles. The maximum atomic E-state index is 5.40. The zero-order chi connectivity index (χ0) is 15.8. The molecule has 4 nitrogen and oxygen atoms in total. The molecule has 2 rings (SSSR count). The summed E-state index contributed by atoms with van der Waals surface area (Å²) in [6.07, 6.45) is 0. The first kappa shape index (κ1) is 20.3. The fourth-order valence-corrected chi connectivity index (χ4v) is 2.13. The van der Waals surface area contributed by atoms with Gasteiger partial charge in [0.25, 0.3) is 0 Å². The SMILES string of the molecule is CCOc1ccc(NC(=S)Nc2ccc(OCC)cc2)cc1.[SrH2]. The molecule has 0 spiro atoms. The van der Waals surface area contributed by atoms with E-state index in [0.29, 0.717) is 18.3 Å². The van der Waals surface area contributed by atoms with Crippen molar-refractivity contribution in [3.63, 3.8) is 0 Å². The third-order valence-electron chi connectivity index (χ3n) is 2.85. The summed E-state index contributed by atoms with van der Waals surface area (Å²) in [4.78, 5) is 0. The summed E-state index contributed by atoms with van der Waals surface area (Å²) in [6.45, 7) is 5.24. The van der Waals surface area contributed by atoms with Gasteiger partial charge in [-0.05, 0) is 74.6 Å². The second-order valence-corrected chi connectivity index (χ2v) is 4.90. The number of anilines is 2. The van der Waals surface area contributed by atoms with Crippen molar-refractivity contribution < 1.29 is 9.47 Å². The average Bonchev–Trinajstić information content (AvgIpc) is 2.52. The van der Waals surface area contributed by atoms with Gasteiger partial charge in [0.15, 0.2) is 5.11 Å². The summed E-state index contributed by atoms with van der Waals surface area (Å²) in [5, 5.41) is 6.80. The summed E-state index contributed by atoms with van der Waals surface area (Å²) in [5.74, 6) is 1.69. The van der Waals surface area contributed by atoms with Crippen molar-refractivity contribution in [2.24, 2.45) is 0 Å². The van der Waals surface area contributed by atoms with E-state index in [4.69, 9.17) is 21.7 Å². The number of rotatable bonds is 6. The summed E-state index contributed by atoms with van der Waals surface area (Å²) in [5.41, 5.74) is 1.82. The van der Waals surface area contributed by atoms with Crippen LogP contribution >= 0.6 is 12.2 Å². The van der Waals surface area contributed by atoms with Crippen molar-refractivity contribution in [1.29, 1.82) is 0 Å². The van der Waals surface area contributed by atoms with Crippen LogP contribution in [0.4, 0.5) is 11.4 Å². The van der Waals surface area contributed by atoms with Crippen LogP contribution in [0.25, 0.3) is 0 Å². The van der Waals surface area contributed by atoms with Crippen LogP contribution in [0.5, 0.6) is 11.5 Å². The summed E-state index contributed by atoms with van der Waals surface area (Å²) in [7, 11) is 0. The molecular weight excluding hydrogens is 384 g/mol. The van der Waals surface area contributed by atoms with Crippen molar-refractivity contribution in [3.05, 3.63) is 48.5 Å². The predicted molar refractivity (Wildman–Crippen MR) is 104 cm³/mol. The van der Waals surface area contributed by atoms with E-state index >= 15 is 0 Å². The van der Waals surface area contributed by atoms with Gasteiger partial charge in [-0.15, -0.1) is 0 Å². The van der Waals surface area contributed by atoms with Crippen LogP contribution in [0.15, 0.2) is 48.5 Å². The molecule has 2 N–H and O–H groups in total. The number of hydrogen-bond acceptors (Lipinski definition) is 3. The van der Waals surface area contributed by atoms with Crippen molar-refractivity contribution in [3.8, 4) is 11.5 Å². The molecule has 0 aliphatic heterocycles. The first-order valence-corrected chi connectivity index (χ1v) is 7.65. The third-order valence-corrected chi connectivity index (χ3v) is 3.05. The normalized spacial score (nSPS) is 9.48. The van der Waals surface area contributed by atoms with Crippen LogP contribution < -0.4 is 20.1 Å². The van der Waals surface area contributed by atoms with Gasteiger partial charge in [0.05, 0.1) is 13.2 Å². The first-order chi connectivity index (χ1) is 10.7. The van der Waals surface area contributed by atoms with Crippen LogP contribution in [-0.4, -0.2) is 63.8 Å². The fourth-order valence-electron chi connectivity index (χ4n) is 1.90. The summed E-state index contributed by atoms with van der Waals surface area (Å²) in [6, 6.07) is 15.3. The van der Waals surface area contributed by atoms with Crippen LogP contribution in [0.2, 0.25) is 0 Å². The Morgan fingerprint density at radius 1 is 0.783 bits per heavy atom. The van der Waals surface area contributed by atoms with Gasteiger partial charge in [0.1, 0.15) is 11.5 Å². The van der Waals surface area contributed by atoms with Crippen molar-refractivity contribution in [1.82, 2.24) is 0 Å². The van der Waals surface area contributed by atoms with Crippen LogP contribution in [-0.2, 0) is 0 Å². The Bertz CT molecular complexity index is 549. The minimum atomic E-state index is 0. The molecule has 23 heavy (non-hydrogen) atoms. The molecule has 0 fully saturated rings. The second kappa shape index (κ2) is 10.9. The van der Waals surface area contributed by atoms with Gasteiger partial charge in [-0.1, -0.05) is 0 Å². The van der Waals surface area contributed by atoms with Crippen LogP contribution in [0.3, 0.4) is 0 Å². The molecule has 2 aromatic rings. The topological polar surface area (TPSA) is 42.5 Å². The van der Waals surface area contributed by atoms with E-state index in [1.165, 1.54) is 0 Å². The first-order valence-electron chi connectivity index (χ1n) is 7.25. The molecule has 0 saturated heterocycles. The minimum absolute atomic E-state index is 0. The zero-order valence-corrected chi connectivity index (χ0v) is 13.6. The molecule has 0 aliphatic carbocycles. The Kier molecular flexibility index (Phi) is 9.59. The summed E-state index contributed by atoms with van der Waals surface area (Å²) >= 11 is 5.30. The molecular formula is C17H22N2O2SSr. The molecule has 0 atom stereocenters. The van der Waals surface area contributed by atoms with E-state index in [1.807, 2.05) is 62.4 Å². The van der Waals surface area contributed by atoms with E-state index in [0.717, 1.165) is 22.9 Å². The molecule has 0 heterocycles. The molecule has 2 aromatic carbocycles. The van der Waals surface area contributed by atoms with Crippen LogP contribution in [0, 0.1) is 0 Å². The molecule has 120 valence electrons. The molecule has 0 aromatic heterocycles. The number of thiocarbonyl (C=S) groups is 1. The van der Waals surface area contributed by atoms with Crippen molar-refractivity contribution in [2.45, 2.75) is 13.8 Å².